The molecular weight excluding hydrogens is 772 g/mol. The van der Waals surface area contributed by atoms with Gasteiger partial charge in [0.15, 0.2) is 11.6 Å². The number of anilines is 1. The van der Waals surface area contributed by atoms with Gasteiger partial charge in [0, 0.05) is 59.3 Å². The first-order valence-corrected chi connectivity index (χ1v) is 16.7. The fraction of sp³-hybridized carbons (Fsp3) is 0.286. The summed E-state index contributed by atoms with van der Waals surface area (Å²) in [6.07, 6.45) is 2.42. The van der Waals surface area contributed by atoms with Crippen LogP contribution < -0.4 is 27.2 Å². The molecule has 0 bridgehead atoms. The highest BCUT2D eigenvalue weighted by atomic mass is 35.5. The van der Waals surface area contributed by atoms with Crippen molar-refractivity contribution in [1.29, 1.82) is 5.26 Å². The maximum absolute atomic E-state index is 15.3. The number of benzene rings is 2. The fourth-order valence-electron chi connectivity index (χ4n) is 5.28. The largest absolute Gasteiger partial charge is 1.00 e. The van der Waals surface area contributed by atoms with Crippen molar-refractivity contribution in [3.05, 3.63) is 112 Å². The minimum atomic E-state index is -2.21. The van der Waals surface area contributed by atoms with Crippen molar-refractivity contribution in [3.8, 4) is 17.3 Å². The van der Waals surface area contributed by atoms with Crippen LogP contribution in [0.4, 0.5) is 23.8 Å². The summed E-state index contributed by atoms with van der Waals surface area (Å²) in [5.74, 6) is -5.21. The van der Waals surface area contributed by atoms with Crippen LogP contribution >= 0.6 is 23.7 Å². The third kappa shape index (κ3) is 9.70. The van der Waals surface area contributed by atoms with Crippen LogP contribution in [0.25, 0.3) is 11.3 Å². The molecule has 3 aromatic heterocycles. The van der Waals surface area contributed by atoms with Crippen molar-refractivity contribution in [2.45, 2.75) is 44.7 Å². The second kappa shape index (κ2) is 18.8. The summed E-state index contributed by atoms with van der Waals surface area (Å²) >= 11 is 1.18. The molecule has 2 aromatic carbocycles. The molecule has 0 saturated carbocycles. The van der Waals surface area contributed by atoms with E-state index in [9.17, 15) is 23.5 Å². The molecule has 5 rings (SSSR count). The summed E-state index contributed by atoms with van der Waals surface area (Å²) in [6, 6.07) is 13.0. The van der Waals surface area contributed by atoms with E-state index >= 15 is 4.39 Å². The Labute approximate surface area is 324 Å². The Morgan fingerprint density at radius 3 is 2.54 bits per heavy atom. The SMILES string of the molecule is CNCC(=O)OCc1cccnc1N(C)C(=O)OC(C)[n+]1cnn(CC(O)(c2cc(F)c(F)cc2F)C(C)c2nc(-c3ccc(C#N)cc3)cs2)c1.Cl.[Cl-]. The van der Waals surface area contributed by atoms with Crippen LogP contribution in [0.1, 0.15) is 47.7 Å². The van der Waals surface area contributed by atoms with Crippen LogP contribution in [0.15, 0.2) is 72.8 Å². The molecule has 1 amide bonds. The molecule has 3 heterocycles. The van der Waals surface area contributed by atoms with Gasteiger partial charge >= 0.3 is 12.1 Å². The lowest BCUT2D eigenvalue weighted by atomic mass is 9.82. The van der Waals surface area contributed by atoms with E-state index in [1.807, 2.05) is 6.07 Å². The van der Waals surface area contributed by atoms with Crippen molar-refractivity contribution in [3.63, 3.8) is 0 Å². The van der Waals surface area contributed by atoms with Crippen LogP contribution in [0.5, 0.6) is 0 Å². The molecule has 19 heteroatoms. The smallest absolute Gasteiger partial charge is 0.418 e. The van der Waals surface area contributed by atoms with E-state index in [4.69, 9.17) is 14.7 Å². The number of halogens is 5. The molecule has 0 aliphatic heterocycles. The first kappa shape index (κ1) is 43.3. The molecular formula is C35H35Cl2F3N8O5S. The zero-order valence-corrected chi connectivity index (χ0v) is 31.6. The molecule has 54 heavy (non-hydrogen) atoms. The third-order valence-corrected chi connectivity index (χ3v) is 9.29. The van der Waals surface area contributed by atoms with E-state index in [1.54, 1.807) is 62.7 Å². The Bertz CT molecular complexity index is 2120. The quantitative estimate of drug-likeness (QED) is 0.103. The van der Waals surface area contributed by atoms with E-state index in [-0.39, 0.29) is 43.8 Å². The Balaban J connectivity index is 0.00000392. The average molecular weight is 808 g/mol. The van der Waals surface area contributed by atoms with Crippen molar-refractivity contribution >= 4 is 41.6 Å². The molecule has 13 nitrogen and oxygen atoms in total. The molecule has 2 N–H and O–H groups in total. The van der Waals surface area contributed by atoms with Gasteiger partial charge < -0.3 is 32.3 Å². The van der Waals surface area contributed by atoms with Crippen LogP contribution in [-0.4, -0.2) is 57.6 Å². The Morgan fingerprint density at radius 1 is 1.15 bits per heavy atom. The first-order valence-electron chi connectivity index (χ1n) is 15.8. The van der Waals surface area contributed by atoms with Gasteiger partial charge in [0.1, 0.15) is 30.4 Å². The number of nitrogens with one attached hydrogen (secondary N) is 1. The van der Waals surface area contributed by atoms with Crippen molar-refractivity contribution < 1.29 is 54.3 Å². The van der Waals surface area contributed by atoms with E-state index in [0.717, 1.165) is 4.90 Å². The number of likely N-dealkylation sites (N-methyl/N-ethyl adjacent to an activating group) is 1. The number of thiazole rings is 1. The third-order valence-electron chi connectivity index (χ3n) is 8.26. The number of amides is 1. The Morgan fingerprint density at radius 2 is 1.85 bits per heavy atom. The molecule has 0 radical (unpaired) electrons. The molecule has 0 saturated heterocycles. The number of aromatic nitrogens is 5. The van der Waals surface area contributed by atoms with E-state index < -0.39 is 59.4 Å². The van der Waals surface area contributed by atoms with Gasteiger partial charge in [-0.15, -0.1) is 28.4 Å². The highest BCUT2D eigenvalue weighted by Crippen LogP contribution is 2.42. The normalized spacial score (nSPS) is 12.9. The van der Waals surface area contributed by atoms with E-state index in [2.05, 4.69) is 20.4 Å². The predicted octanol–water partition coefficient (Wildman–Crippen LogP) is 2.15. The minimum absolute atomic E-state index is 0. The maximum Gasteiger partial charge on any atom is 0.418 e. The van der Waals surface area contributed by atoms with Crippen LogP contribution in [0.2, 0.25) is 0 Å². The second-order valence-electron chi connectivity index (χ2n) is 11.8. The highest BCUT2D eigenvalue weighted by Gasteiger charge is 2.44. The number of rotatable bonds is 13. The van der Waals surface area contributed by atoms with Gasteiger partial charge in [-0.3, -0.25) is 9.69 Å². The molecule has 0 fully saturated rings. The van der Waals surface area contributed by atoms with E-state index in [1.165, 1.54) is 46.5 Å². The van der Waals surface area contributed by atoms with Crippen LogP contribution in [0.3, 0.4) is 0 Å². The monoisotopic (exact) mass is 806 g/mol. The number of hydrogen-bond donors (Lipinski definition) is 2. The van der Waals surface area contributed by atoms with Gasteiger partial charge in [-0.25, -0.2) is 27.9 Å². The van der Waals surface area contributed by atoms with Gasteiger partial charge in [0.2, 0.25) is 12.6 Å². The molecule has 286 valence electrons. The minimum Gasteiger partial charge on any atom is -1.00 e. The van der Waals surface area contributed by atoms with Crippen molar-refractivity contribution in [2.24, 2.45) is 0 Å². The number of carbonyl (C=O) groups excluding carboxylic acids is 2. The lowest BCUT2D eigenvalue weighted by molar-refractivity contribution is -0.753. The zero-order chi connectivity index (χ0) is 37.6. The standard InChI is InChI=1S/C35H34F3N8O5S.2ClH/c1-21(33-43-30(17-52-33)24-9-7-23(14-39)8-10-24)35(49,26-12-28(37)29(38)13-27(26)36)18-46-20-45(19-42-46)22(2)51-34(48)44(4)32-25(6-5-11-41-32)16-50-31(47)15-40-3;;/h5-13,17,19-22,40,49H,15-16,18H2,1-4H3;2*1H/q+1;;/p-1. The molecule has 5 aromatic rings. The second-order valence-corrected chi connectivity index (χ2v) is 12.7. The van der Waals surface area contributed by atoms with Gasteiger partial charge in [-0.1, -0.05) is 25.1 Å². The van der Waals surface area contributed by atoms with E-state index in [0.29, 0.717) is 39.5 Å². The lowest BCUT2D eigenvalue weighted by Crippen LogP contribution is -3.00. The zero-order valence-electron chi connectivity index (χ0n) is 29.2. The summed E-state index contributed by atoms with van der Waals surface area (Å²) in [6.45, 7) is 2.57. The van der Waals surface area contributed by atoms with Crippen LogP contribution in [-0.2, 0) is 33.0 Å². The lowest BCUT2D eigenvalue weighted by Gasteiger charge is -2.32. The molecule has 0 aliphatic carbocycles. The Hall–Kier alpha value is -5.12. The topological polar surface area (TPSA) is 159 Å². The number of aliphatic hydroxyl groups is 1. The first-order chi connectivity index (χ1) is 24.8. The number of carbonyl (C=O) groups is 2. The molecule has 0 spiro atoms. The highest BCUT2D eigenvalue weighted by molar-refractivity contribution is 7.10. The fourth-order valence-corrected chi connectivity index (χ4v) is 6.25. The van der Waals surface area contributed by atoms with Crippen LogP contribution in [0, 0.1) is 28.8 Å². The summed E-state index contributed by atoms with van der Waals surface area (Å²) < 4.78 is 57.4. The molecule has 3 unspecified atom stereocenters. The maximum atomic E-state index is 15.3. The summed E-state index contributed by atoms with van der Waals surface area (Å²) in [7, 11) is 3.04. The number of esters is 1. The van der Waals surface area contributed by atoms with Gasteiger partial charge in [-0.2, -0.15) is 9.83 Å². The van der Waals surface area contributed by atoms with Crippen molar-refractivity contribution in [1.82, 2.24) is 25.1 Å². The molecule has 3 atom stereocenters. The number of nitriles is 1. The molecule has 0 aliphatic rings. The number of pyridine rings is 1. The number of nitrogens with zero attached hydrogens (tertiary/aromatic N) is 7. The van der Waals surface area contributed by atoms with Crippen molar-refractivity contribution in [2.75, 3.05) is 25.5 Å². The Kier molecular flexibility index (Phi) is 15.0. The van der Waals surface area contributed by atoms with Gasteiger partial charge in [0.05, 0.1) is 28.9 Å². The summed E-state index contributed by atoms with van der Waals surface area (Å²) in [5, 5.41) is 30.4. The van der Waals surface area contributed by atoms with Gasteiger partial charge in [0.25, 0.3) is 6.33 Å². The van der Waals surface area contributed by atoms with Gasteiger partial charge in [-0.05, 0) is 31.3 Å². The summed E-state index contributed by atoms with van der Waals surface area (Å²) in [4.78, 5) is 35.0. The average Bonchev–Trinajstić information content (AvgIpc) is 3.82. The number of hydrogen-bond acceptors (Lipinski definition) is 11. The predicted molar refractivity (Wildman–Crippen MR) is 188 cm³/mol. The number of ether oxygens (including phenoxy) is 2. The summed E-state index contributed by atoms with van der Waals surface area (Å²) in [5.41, 5.74) is -0.568.